The van der Waals surface area contributed by atoms with Crippen LogP contribution in [0.15, 0.2) is 52.0 Å². The fourth-order valence-electron chi connectivity index (χ4n) is 1.80. The molecule has 2 N–H and O–H groups in total. The first-order valence-corrected chi connectivity index (χ1v) is 8.11. The highest BCUT2D eigenvalue weighted by Crippen LogP contribution is 2.19. The molecule has 2 aromatic carbocycles. The summed E-state index contributed by atoms with van der Waals surface area (Å²) in [6.07, 6.45) is 1.38. The third kappa shape index (κ3) is 5.68. The first-order valence-electron chi connectivity index (χ1n) is 7.32. The quantitative estimate of drug-likeness (QED) is 0.454. The Morgan fingerprint density at radius 3 is 2.56 bits per heavy atom. The summed E-state index contributed by atoms with van der Waals surface area (Å²) in [7, 11) is 0. The molecule has 0 unspecified atom stereocenters. The van der Waals surface area contributed by atoms with Gasteiger partial charge in [-0.15, -0.1) is 0 Å². The zero-order valence-electron chi connectivity index (χ0n) is 13.3. The Morgan fingerprint density at radius 1 is 1.20 bits per heavy atom. The number of ether oxygens (including phenoxy) is 1. The van der Waals surface area contributed by atoms with Crippen LogP contribution < -0.4 is 15.5 Å². The van der Waals surface area contributed by atoms with Gasteiger partial charge in [-0.3, -0.25) is 9.59 Å². The average molecular weight is 408 g/mol. The lowest BCUT2D eigenvalue weighted by molar-refractivity contribution is -0.136. The third-order valence-electron chi connectivity index (χ3n) is 2.96. The van der Waals surface area contributed by atoms with Crippen molar-refractivity contribution >= 4 is 39.6 Å². The van der Waals surface area contributed by atoms with Crippen molar-refractivity contribution in [1.29, 1.82) is 0 Å². The number of carbonyl (C=O) groups excluding carboxylic acids is 2. The molecule has 0 atom stereocenters. The van der Waals surface area contributed by atoms with Crippen molar-refractivity contribution in [3.63, 3.8) is 0 Å². The van der Waals surface area contributed by atoms with Crippen LogP contribution in [0.4, 0.5) is 10.1 Å². The molecule has 6 nitrogen and oxygen atoms in total. The molecule has 0 aliphatic heterocycles. The molecule has 130 valence electrons. The van der Waals surface area contributed by atoms with Crippen molar-refractivity contribution in [2.75, 3.05) is 11.9 Å². The predicted octanol–water partition coefficient (Wildman–Crippen LogP) is 3.08. The summed E-state index contributed by atoms with van der Waals surface area (Å²) in [6, 6.07) is 11.1. The molecule has 8 heteroatoms. The average Bonchev–Trinajstić information content (AvgIpc) is 2.59. The molecule has 25 heavy (non-hydrogen) atoms. The van der Waals surface area contributed by atoms with E-state index in [4.69, 9.17) is 4.74 Å². The lowest BCUT2D eigenvalue weighted by Gasteiger charge is -2.05. The van der Waals surface area contributed by atoms with E-state index in [1.54, 1.807) is 30.3 Å². The predicted molar refractivity (Wildman–Crippen MR) is 96.1 cm³/mol. The number of hydrogen-bond donors (Lipinski definition) is 2. The highest BCUT2D eigenvalue weighted by atomic mass is 79.9. The summed E-state index contributed by atoms with van der Waals surface area (Å²) in [5.41, 5.74) is 2.69. The number of hydrazone groups is 1. The van der Waals surface area contributed by atoms with Gasteiger partial charge in [0.25, 0.3) is 0 Å². The Bertz CT molecular complexity index is 794. The molecular formula is C17H15BrFN3O3. The van der Waals surface area contributed by atoms with Gasteiger partial charge in [-0.05, 0) is 55.0 Å². The molecule has 0 heterocycles. The molecule has 2 rings (SSSR count). The summed E-state index contributed by atoms with van der Waals surface area (Å²) in [6.45, 7) is 2.45. The zero-order valence-corrected chi connectivity index (χ0v) is 14.8. The summed E-state index contributed by atoms with van der Waals surface area (Å²) in [5.74, 6) is -1.97. The first kappa shape index (κ1) is 18.6. The summed E-state index contributed by atoms with van der Waals surface area (Å²) in [4.78, 5) is 23.4. The molecular weight excluding hydrogens is 393 g/mol. The van der Waals surface area contributed by atoms with Gasteiger partial charge in [-0.1, -0.05) is 15.9 Å². The number of rotatable bonds is 5. The van der Waals surface area contributed by atoms with Crippen LogP contribution >= 0.6 is 15.9 Å². The number of anilines is 1. The smallest absolute Gasteiger partial charge is 0.329 e. The number of hydrogen-bond acceptors (Lipinski definition) is 4. The van der Waals surface area contributed by atoms with Crippen LogP contribution in [0.5, 0.6) is 5.75 Å². The number of carbonyl (C=O) groups is 2. The lowest BCUT2D eigenvalue weighted by Crippen LogP contribution is -2.32. The molecule has 2 aromatic rings. The van der Waals surface area contributed by atoms with Gasteiger partial charge < -0.3 is 10.1 Å². The van der Waals surface area contributed by atoms with Gasteiger partial charge in [-0.2, -0.15) is 5.10 Å². The maximum absolute atomic E-state index is 13.6. The molecule has 0 aliphatic rings. The van der Waals surface area contributed by atoms with Gasteiger partial charge in [0.05, 0.1) is 18.5 Å². The van der Waals surface area contributed by atoms with Crippen LogP contribution in [0.2, 0.25) is 0 Å². The Balaban J connectivity index is 1.89. The number of halogens is 2. The van der Waals surface area contributed by atoms with Gasteiger partial charge >= 0.3 is 11.8 Å². The van der Waals surface area contributed by atoms with Crippen molar-refractivity contribution in [1.82, 2.24) is 5.43 Å². The molecule has 0 spiro atoms. The van der Waals surface area contributed by atoms with E-state index in [0.29, 0.717) is 16.6 Å². The maximum atomic E-state index is 13.6. The number of nitrogens with one attached hydrogen (secondary N) is 2. The van der Waals surface area contributed by atoms with Gasteiger partial charge in [0.2, 0.25) is 0 Å². The van der Waals surface area contributed by atoms with Crippen LogP contribution in [-0.2, 0) is 9.59 Å². The Kier molecular flexibility index (Phi) is 6.64. The fourth-order valence-corrected chi connectivity index (χ4v) is 2.14. The van der Waals surface area contributed by atoms with Gasteiger partial charge in [-0.25, -0.2) is 9.82 Å². The summed E-state index contributed by atoms with van der Waals surface area (Å²) in [5, 5.41) is 5.86. The SMILES string of the molecule is CCOc1ccc(/C=N/NC(=O)C(=O)Nc2ccc(Br)cc2F)cc1. The van der Waals surface area contributed by atoms with Crippen molar-refractivity contribution in [3.8, 4) is 5.75 Å². The molecule has 0 bridgehead atoms. The summed E-state index contributed by atoms with van der Waals surface area (Å²) >= 11 is 3.10. The van der Waals surface area contributed by atoms with E-state index < -0.39 is 17.6 Å². The lowest BCUT2D eigenvalue weighted by atomic mass is 10.2. The van der Waals surface area contributed by atoms with E-state index in [1.165, 1.54) is 18.3 Å². The van der Waals surface area contributed by atoms with Gasteiger partial charge in [0, 0.05) is 4.47 Å². The van der Waals surface area contributed by atoms with Crippen LogP contribution in [0.25, 0.3) is 0 Å². The molecule has 0 saturated heterocycles. The minimum absolute atomic E-state index is 0.0983. The van der Waals surface area contributed by atoms with Crippen LogP contribution in [0.1, 0.15) is 12.5 Å². The molecule has 0 radical (unpaired) electrons. The van der Waals surface area contributed by atoms with E-state index in [1.807, 2.05) is 6.92 Å². The van der Waals surface area contributed by atoms with Crippen LogP contribution in [-0.4, -0.2) is 24.6 Å². The van der Waals surface area contributed by atoms with E-state index in [0.717, 1.165) is 5.75 Å². The minimum atomic E-state index is -1.02. The number of nitrogens with zero attached hydrogens (tertiary/aromatic N) is 1. The van der Waals surface area contributed by atoms with Crippen molar-refractivity contribution < 1.29 is 18.7 Å². The van der Waals surface area contributed by atoms with E-state index >= 15 is 0 Å². The van der Waals surface area contributed by atoms with Crippen molar-refractivity contribution in [3.05, 3.63) is 58.3 Å². The van der Waals surface area contributed by atoms with Crippen molar-refractivity contribution in [2.24, 2.45) is 5.10 Å². The number of amides is 2. The first-order chi connectivity index (χ1) is 12.0. The standard InChI is InChI=1S/C17H15BrFN3O3/c1-2-25-13-6-3-11(4-7-13)10-20-22-17(24)16(23)21-15-8-5-12(18)9-14(15)19/h3-10H,2H2,1H3,(H,21,23)(H,22,24)/b20-10+. The summed E-state index contributed by atoms with van der Waals surface area (Å²) < 4.78 is 19.4. The molecule has 0 saturated carbocycles. The fraction of sp³-hybridized carbons (Fsp3) is 0.118. The van der Waals surface area contributed by atoms with Crippen LogP contribution in [0, 0.1) is 5.82 Å². The zero-order chi connectivity index (χ0) is 18.2. The van der Waals surface area contributed by atoms with Gasteiger partial charge in [0.1, 0.15) is 11.6 Å². The number of benzene rings is 2. The van der Waals surface area contributed by atoms with E-state index in [2.05, 4.69) is 31.8 Å². The second-order valence-electron chi connectivity index (χ2n) is 4.78. The van der Waals surface area contributed by atoms with E-state index in [9.17, 15) is 14.0 Å². The molecule has 0 aromatic heterocycles. The topological polar surface area (TPSA) is 79.8 Å². The Morgan fingerprint density at radius 2 is 1.92 bits per heavy atom. The van der Waals surface area contributed by atoms with Crippen molar-refractivity contribution in [2.45, 2.75) is 6.92 Å². The highest BCUT2D eigenvalue weighted by Gasteiger charge is 2.15. The monoisotopic (exact) mass is 407 g/mol. The highest BCUT2D eigenvalue weighted by molar-refractivity contribution is 9.10. The normalized spacial score (nSPS) is 10.5. The molecule has 0 aliphatic carbocycles. The largest absolute Gasteiger partial charge is 0.494 e. The maximum Gasteiger partial charge on any atom is 0.329 e. The Labute approximate surface area is 152 Å². The minimum Gasteiger partial charge on any atom is -0.494 e. The second-order valence-corrected chi connectivity index (χ2v) is 5.70. The second kappa shape index (κ2) is 8.93. The van der Waals surface area contributed by atoms with Crippen LogP contribution in [0.3, 0.4) is 0 Å². The molecule has 2 amide bonds. The third-order valence-corrected chi connectivity index (χ3v) is 3.45. The van der Waals surface area contributed by atoms with Gasteiger partial charge in [0.15, 0.2) is 0 Å². The van der Waals surface area contributed by atoms with E-state index in [-0.39, 0.29) is 5.69 Å². The molecule has 0 fully saturated rings. The Hall–Kier alpha value is -2.74.